The second-order valence-corrected chi connectivity index (χ2v) is 5.62. The molecule has 0 aliphatic carbocycles. The normalized spacial score (nSPS) is 10.3. The molecule has 6 nitrogen and oxygen atoms in total. The summed E-state index contributed by atoms with van der Waals surface area (Å²) in [5, 5.41) is 12.3. The summed E-state index contributed by atoms with van der Waals surface area (Å²) >= 11 is 0. The minimum Gasteiger partial charge on any atom is -0.483 e. The SMILES string of the molecule is Cc1cccc(C)c1OCc1nc(C#N)c(NCc2ccncc2)o1. The Morgan fingerprint density at radius 2 is 1.88 bits per heavy atom. The number of aromatic nitrogens is 2. The van der Waals surface area contributed by atoms with Crippen LogP contribution in [0.4, 0.5) is 5.88 Å². The van der Waals surface area contributed by atoms with Gasteiger partial charge in [-0.1, -0.05) is 18.2 Å². The Kier molecular flexibility index (Phi) is 4.95. The Hall–Kier alpha value is -3.33. The summed E-state index contributed by atoms with van der Waals surface area (Å²) in [5.41, 5.74) is 3.34. The molecule has 0 aliphatic rings. The van der Waals surface area contributed by atoms with E-state index in [1.165, 1.54) is 0 Å². The van der Waals surface area contributed by atoms with Gasteiger partial charge in [-0.2, -0.15) is 10.2 Å². The average molecular weight is 334 g/mol. The third kappa shape index (κ3) is 3.96. The van der Waals surface area contributed by atoms with Crippen molar-refractivity contribution in [3.8, 4) is 11.8 Å². The number of oxazole rings is 1. The second kappa shape index (κ2) is 7.49. The van der Waals surface area contributed by atoms with Crippen molar-refractivity contribution in [1.29, 1.82) is 5.26 Å². The van der Waals surface area contributed by atoms with Crippen LogP contribution in [-0.4, -0.2) is 9.97 Å². The van der Waals surface area contributed by atoms with Gasteiger partial charge in [0.15, 0.2) is 6.61 Å². The third-order valence-electron chi connectivity index (χ3n) is 3.73. The van der Waals surface area contributed by atoms with Gasteiger partial charge in [0.1, 0.15) is 11.8 Å². The average Bonchev–Trinajstić information content (AvgIpc) is 3.03. The summed E-state index contributed by atoms with van der Waals surface area (Å²) in [6.07, 6.45) is 3.43. The van der Waals surface area contributed by atoms with Crippen LogP contribution in [0.2, 0.25) is 0 Å². The molecular formula is C19H18N4O2. The van der Waals surface area contributed by atoms with Crippen LogP contribution in [0.3, 0.4) is 0 Å². The van der Waals surface area contributed by atoms with E-state index in [-0.39, 0.29) is 12.3 Å². The number of pyridine rings is 1. The molecular weight excluding hydrogens is 316 g/mol. The lowest BCUT2D eigenvalue weighted by molar-refractivity contribution is 0.261. The van der Waals surface area contributed by atoms with E-state index in [0.29, 0.717) is 18.3 Å². The maximum Gasteiger partial charge on any atom is 0.236 e. The van der Waals surface area contributed by atoms with Gasteiger partial charge in [0.05, 0.1) is 0 Å². The number of aryl methyl sites for hydroxylation is 2. The highest BCUT2D eigenvalue weighted by atomic mass is 16.5. The van der Waals surface area contributed by atoms with Gasteiger partial charge in [0.2, 0.25) is 17.5 Å². The molecule has 0 radical (unpaired) electrons. The second-order valence-electron chi connectivity index (χ2n) is 5.62. The quantitative estimate of drug-likeness (QED) is 0.739. The van der Waals surface area contributed by atoms with E-state index >= 15 is 0 Å². The molecule has 3 rings (SSSR count). The summed E-state index contributed by atoms with van der Waals surface area (Å²) in [7, 11) is 0. The first kappa shape index (κ1) is 16.5. The molecule has 1 aromatic carbocycles. The van der Waals surface area contributed by atoms with Crippen molar-refractivity contribution in [3.63, 3.8) is 0 Å². The van der Waals surface area contributed by atoms with Crippen LogP contribution >= 0.6 is 0 Å². The van der Waals surface area contributed by atoms with E-state index in [9.17, 15) is 5.26 Å². The van der Waals surface area contributed by atoms with E-state index in [4.69, 9.17) is 9.15 Å². The number of rotatable bonds is 6. The van der Waals surface area contributed by atoms with Crippen molar-refractivity contribution in [3.05, 3.63) is 71.0 Å². The van der Waals surface area contributed by atoms with E-state index < -0.39 is 0 Å². The molecule has 126 valence electrons. The van der Waals surface area contributed by atoms with Crippen molar-refractivity contribution >= 4 is 5.88 Å². The van der Waals surface area contributed by atoms with Gasteiger partial charge in [0, 0.05) is 18.9 Å². The standard InChI is InChI=1S/C19H18N4O2/c1-13-4-3-5-14(2)18(13)24-12-17-23-16(10-20)19(25-17)22-11-15-6-8-21-9-7-15/h3-9,22H,11-12H2,1-2H3. The predicted octanol–water partition coefficient (Wildman–Crippen LogP) is 3.75. The molecule has 2 aromatic heterocycles. The number of hydrogen-bond donors (Lipinski definition) is 1. The smallest absolute Gasteiger partial charge is 0.236 e. The van der Waals surface area contributed by atoms with Gasteiger partial charge in [0.25, 0.3) is 0 Å². The molecule has 0 atom stereocenters. The largest absolute Gasteiger partial charge is 0.483 e. The zero-order valence-corrected chi connectivity index (χ0v) is 14.1. The molecule has 3 aromatic rings. The van der Waals surface area contributed by atoms with Gasteiger partial charge in [-0.15, -0.1) is 0 Å². The monoisotopic (exact) mass is 334 g/mol. The Morgan fingerprint density at radius 3 is 2.56 bits per heavy atom. The Balaban J connectivity index is 1.69. The number of nitrogens with one attached hydrogen (secondary N) is 1. The fourth-order valence-corrected chi connectivity index (χ4v) is 2.47. The van der Waals surface area contributed by atoms with Crippen molar-refractivity contribution in [2.75, 3.05) is 5.32 Å². The lowest BCUT2D eigenvalue weighted by Crippen LogP contribution is -1.99. The predicted molar refractivity (Wildman–Crippen MR) is 93.0 cm³/mol. The van der Waals surface area contributed by atoms with Crippen molar-refractivity contribution in [2.45, 2.75) is 27.0 Å². The van der Waals surface area contributed by atoms with Crippen LogP contribution in [-0.2, 0) is 13.2 Å². The van der Waals surface area contributed by atoms with E-state index in [1.807, 2.05) is 50.2 Å². The highest BCUT2D eigenvalue weighted by Crippen LogP contribution is 2.24. The van der Waals surface area contributed by atoms with Crippen LogP contribution < -0.4 is 10.1 Å². The third-order valence-corrected chi connectivity index (χ3v) is 3.73. The minimum atomic E-state index is 0.164. The van der Waals surface area contributed by atoms with Crippen LogP contribution in [0.5, 0.6) is 5.75 Å². The molecule has 25 heavy (non-hydrogen) atoms. The fraction of sp³-hybridized carbons (Fsp3) is 0.211. The molecule has 0 fully saturated rings. The zero-order valence-electron chi connectivity index (χ0n) is 14.1. The minimum absolute atomic E-state index is 0.164. The van der Waals surface area contributed by atoms with Gasteiger partial charge in [-0.3, -0.25) is 4.98 Å². The molecule has 0 aliphatic heterocycles. The van der Waals surface area contributed by atoms with Crippen LogP contribution in [0.15, 0.2) is 47.1 Å². The van der Waals surface area contributed by atoms with Gasteiger partial charge in [-0.25, -0.2) is 0 Å². The molecule has 6 heteroatoms. The van der Waals surface area contributed by atoms with Gasteiger partial charge >= 0.3 is 0 Å². The maximum atomic E-state index is 9.24. The van der Waals surface area contributed by atoms with E-state index in [0.717, 1.165) is 22.4 Å². The lowest BCUT2D eigenvalue weighted by Gasteiger charge is -2.10. The van der Waals surface area contributed by atoms with Crippen molar-refractivity contribution < 1.29 is 9.15 Å². The number of nitrogens with zero attached hydrogens (tertiary/aromatic N) is 3. The molecule has 2 heterocycles. The van der Waals surface area contributed by atoms with E-state index in [1.54, 1.807) is 12.4 Å². The first-order valence-electron chi connectivity index (χ1n) is 7.89. The van der Waals surface area contributed by atoms with Gasteiger partial charge < -0.3 is 14.5 Å². The van der Waals surface area contributed by atoms with Crippen LogP contribution in [0.25, 0.3) is 0 Å². The number of hydrogen-bond acceptors (Lipinski definition) is 6. The molecule has 0 spiro atoms. The molecule has 0 amide bonds. The van der Waals surface area contributed by atoms with Crippen LogP contribution in [0, 0.1) is 25.2 Å². The Labute approximate surface area is 146 Å². The van der Waals surface area contributed by atoms with Gasteiger partial charge in [-0.05, 0) is 42.7 Å². The number of para-hydroxylation sites is 1. The zero-order chi connectivity index (χ0) is 17.6. The summed E-state index contributed by atoms with van der Waals surface area (Å²) in [6.45, 7) is 4.65. The highest BCUT2D eigenvalue weighted by Gasteiger charge is 2.14. The van der Waals surface area contributed by atoms with Crippen LogP contribution in [0.1, 0.15) is 28.3 Å². The number of anilines is 1. The maximum absolute atomic E-state index is 9.24. The summed E-state index contributed by atoms with van der Waals surface area (Å²) in [6, 6.07) is 11.8. The number of nitriles is 1. The Bertz CT molecular complexity index is 877. The first-order chi connectivity index (χ1) is 12.2. The molecule has 0 bridgehead atoms. The molecule has 0 saturated heterocycles. The van der Waals surface area contributed by atoms with E-state index in [2.05, 4.69) is 15.3 Å². The summed E-state index contributed by atoms with van der Waals surface area (Å²) < 4.78 is 11.5. The molecule has 0 saturated carbocycles. The number of benzene rings is 1. The summed E-state index contributed by atoms with van der Waals surface area (Å²) in [5.74, 6) is 1.52. The summed E-state index contributed by atoms with van der Waals surface area (Å²) in [4.78, 5) is 8.16. The fourth-order valence-electron chi connectivity index (χ4n) is 2.47. The molecule has 0 unspecified atom stereocenters. The van der Waals surface area contributed by atoms with Crippen molar-refractivity contribution in [1.82, 2.24) is 9.97 Å². The Morgan fingerprint density at radius 1 is 1.16 bits per heavy atom. The topological polar surface area (TPSA) is 84.0 Å². The van der Waals surface area contributed by atoms with Crippen molar-refractivity contribution in [2.24, 2.45) is 0 Å². The molecule has 1 N–H and O–H groups in total. The lowest BCUT2D eigenvalue weighted by atomic mass is 10.1. The number of ether oxygens (including phenoxy) is 1. The highest BCUT2D eigenvalue weighted by molar-refractivity contribution is 5.46. The first-order valence-corrected chi connectivity index (χ1v) is 7.89.